The molecule has 1 aliphatic rings. The number of nitrogens with zero attached hydrogens (tertiary/aromatic N) is 3. The molecule has 11 heteroatoms. The molecule has 2 heterocycles. The monoisotopic (exact) mass is 647 g/mol. The Morgan fingerprint density at radius 1 is 1.14 bits per heavy atom. The highest BCUT2D eigenvalue weighted by molar-refractivity contribution is 9.10. The van der Waals surface area contributed by atoms with Crippen LogP contribution in [0.1, 0.15) is 42.1 Å². The summed E-state index contributed by atoms with van der Waals surface area (Å²) in [6.07, 6.45) is 1.58. The first-order valence-electron chi connectivity index (χ1n) is 13.1. The highest BCUT2D eigenvalue weighted by Gasteiger charge is 2.33. The van der Waals surface area contributed by atoms with E-state index in [1.54, 1.807) is 26.0 Å². The molecule has 9 nitrogen and oxygen atoms in total. The van der Waals surface area contributed by atoms with Gasteiger partial charge in [0.2, 0.25) is 5.75 Å². The number of carbonyl (C=O) groups excluding carboxylic acids is 1. The number of hydrogen-bond donors (Lipinski definition) is 0. The zero-order valence-electron chi connectivity index (χ0n) is 23.0. The molecule has 0 amide bonds. The summed E-state index contributed by atoms with van der Waals surface area (Å²) in [5.74, 6) is -0.444. The molecule has 1 aromatic heterocycles. The second-order valence-corrected chi connectivity index (χ2v) is 11.5. The van der Waals surface area contributed by atoms with Crippen molar-refractivity contribution < 1.29 is 19.2 Å². The number of esters is 1. The number of carbonyl (C=O) groups is 1. The first-order valence-corrected chi connectivity index (χ1v) is 14.7. The number of ether oxygens (including phenoxy) is 2. The average Bonchev–Trinajstić information content (AvgIpc) is 3.26. The highest BCUT2D eigenvalue weighted by Crippen LogP contribution is 2.37. The van der Waals surface area contributed by atoms with Crippen molar-refractivity contribution in [3.63, 3.8) is 0 Å². The first kappa shape index (κ1) is 29.2. The van der Waals surface area contributed by atoms with Crippen molar-refractivity contribution in [3.05, 3.63) is 135 Å². The molecule has 1 aliphatic heterocycles. The van der Waals surface area contributed by atoms with Gasteiger partial charge in [-0.2, -0.15) is 0 Å². The van der Waals surface area contributed by atoms with Crippen LogP contribution in [0.25, 0.3) is 6.08 Å². The van der Waals surface area contributed by atoms with Crippen LogP contribution in [-0.2, 0) is 16.1 Å². The van der Waals surface area contributed by atoms with E-state index < -0.39 is 16.9 Å². The number of aryl methyl sites for hydroxylation is 1. The molecular weight excluding hydrogens is 622 g/mol. The molecule has 0 saturated heterocycles. The maximum absolute atomic E-state index is 13.9. The summed E-state index contributed by atoms with van der Waals surface area (Å²) >= 11 is 4.56. The van der Waals surface area contributed by atoms with Gasteiger partial charge in [0.25, 0.3) is 5.56 Å². The summed E-state index contributed by atoms with van der Waals surface area (Å²) < 4.78 is 13.3. The summed E-state index contributed by atoms with van der Waals surface area (Å²) in [6, 6.07) is 19.2. The van der Waals surface area contributed by atoms with E-state index in [4.69, 9.17) is 9.47 Å². The van der Waals surface area contributed by atoms with Crippen LogP contribution in [-0.4, -0.2) is 22.1 Å². The number of fused-ring (bicyclic) bond motifs is 1. The number of hydrogen-bond acceptors (Lipinski definition) is 8. The van der Waals surface area contributed by atoms with Crippen molar-refractivity contribution in [1.29, 1.82) is 0 Å². The van der Waals surface area contributed by atoms with E-state index in [-0.39, 0.29) is 35.8 Å². The second kappa shape index (κ2) is 12.3. The lowest BCUT2D eigenvalue weighted by Crippen LogP contribution is -2.39. The van der Waals surface area contributed by atoms with Crippen molar-refractivity contribution >= 4 is 45.0 Å². The lowest BCUT2D eigenvalue weighted by molar-refractivity contribution is -0.386. The Morgan fingerprint density at radius 3 is 2.52 bits per heavy atom. The molecular formula is C31H26BrN3O6S. The zero-order valence-corrected chi connectivity index (χ0v) is 25.4. The molecule has 0 unspecified atom stereocenters. The average molecular weight is 649 g/mol. The molecule has 0 bridgehead atoms. The first-order chi connectivity index (χ1) is 20.2. The van der Waals surface area contributed by atoms with Crippen molar-refractivity contribution in [2.45, 2.75) is 33.4 Å². The minimum Gasteiger partial charge on any atom is -0.481 e. The molecule has 0 aliphatic carbocycles. The molecule has 1 atom stereocenters. The quantitative estimate of drug-likeness (QED) is 0.145. The lowest BCUT2D eigenvalue weighted by atomic mass is 9.95. The molecule has 0 saturated carbocycles. The number of benzene rings is 3. The number of halogens is 1. The molecule has 0 spiro atoms. The molecule has 3 aromatic carbocycles. The van der Waals surface area contributed by atoms with E-state index in [0.717, 1.165) is 28.0 Å². The Labute approximate surface area is 253 Å². The van der Waals surface area contributed by atoms with Crippen LogP contribution in [0, 0.1) is 17.0 Å². The summed E-state index contributed by atoms with van der Waals surface area (Å²) in [6.45, 7) is 5.73. The topological polar surface area (TPSA) is 113 Å². The Bertz CT molecular complexity index is 1900. The van der Waals surface area contributed by atoms with E-state index in [9.17, 15) is 19.7 Å². The largest absolute Gasteiger partial charge is 0.481 e. The Balaban J connectivity index is 1.61. The van der Waals surface area contributed by atoms with Crippen molar-refractivity contribution in [2.24, 2.45) is 4.99 Å². The summed E-state index contributed by atoms with van der Waals surface area (Å²) in [5, 5.41) is 12.0. The van der Waals surface area contributed by atoms with Crippen LogP contribution in [0.15, 0.2) is 92.3 Å². The van der Waals surface area contributed by atoms with Gasteiger partial charge in [0.05, 0.1) is 37.8 Å². The molecule has 4 aromatic rings. The van der Waals surface area contributed by atoms with Gasteiger partial charge >= 0.3 is 11.7 Å². The van der Waals surface area contributed by atoms with E-state index in [1.165, 1.54) is 10.6 Å². The Morgan fingerprint density at radius 2 is 1.86 bits per heavy atom. The van der Waals surface area contributed by atoms with Gasteiger partial charge in [0.15, 0.2) is 4.80 Å². The number of nitro benzene ring substituents is 1. The second-order valence-electron chi connectivity index (χ2n) is 9.60. The van der Waals surface area contributed by atoms with Crippen molar-refractivity contribution in [3.8, 4) is 5.75 Å². The standard InChI is InChI=1S/C31H26BrN3O6S/c1-4-40-30(37)26-19(3)33-31-34(27(26)22-12-10-18(2)11-13-22)29(36)25(42-31)16-21-14-23(32)28(24(15-21)35(38)39)41-17-20-8-6-5-7-9-20/h5-16,27H,4,17H2,1-3H3/b25-16-/t27-/m1/s1. The van der Waals surface area contributed by atoms with E-state index >= 15 is 0 Å². The summed E-state index contributed by atoms with van der Waals surface area (Å²) in [4.78, 5) is 43.4. The van der Waals surface area contributed by atoms with Crippen LogP contribution >= 0.6 is 27.3 Å². The van der Waals surface area contributed by atoms with Gasteiger partial charge < -0.3 is 9.47 Å². The lowest BCUT2D eigenvalue weighted by Gasteiger charge is -2.24. The number of nitro groups is 1. The van der Waals surface area contributed by atoms with Gasteiger partial charge in [0, 0.05) is 6.07 Å². The van der Waals surface area contributed by atoms with Crippen LogP contribution in [0.2, 0.25) is 0 Å². The SMILES string of the molecule is CCOC(=O)C1=C(C)N=c2s/c(=C\c3cc(Br)c(OCc4ccccc4)c([N+](=O)[O-])c3)c(=O)n2[C@@H]1c1ccc(C)cc1. The minimum absolute atomic E-state index is 0.0940. The Hall–Kier alpha value is -4.35. The van der Waals surface area contributed by atoms with Gasteiger partial charge in [-0.15, -0.1) is 0 Å². The number of allylic oxidation sites excluding steroid dienone is 1. The fraction of sp³-hybridized carbons (Fsp3) is 0.194. The molecule has 5 rings (SSSR count). The zero-order chi connectivity index (χ0) is 30.0. The number of aromatic nitrogens is 1. The minimum atomic E-state index is -0.738. The number of rotatable bonds is 8. The van der Waals surface area contributed by atoms with Gasteiger partial charge in [-0.25, -0.2) is 9.79 Å². The Kier molecular flexibility index (Phi) is 8.51. The highest BCUT2D eigenvalue weighted by atomic mass is 79.9. The normalized spacial score (nSPS) is 14.8. The van der Waals surface area contributed by atoms with E-state index in [1.807, 2.05) is 61.5 Å². The van der Waals surface area contributed by atoms with Gasteiger partial charge in [0.1, 0.15) is 6.61 Å². The fourth-order valence-corrected chi connectivity index (χ4v) is 6.33. The predicted octanol–water partition coefficient (Wildman–Crippen LogP) is 5.36. The third kappa shape index (κ3) is 5.83. The summed E-state index contributed by atoms with van der Waals surface area (Å²) in [7, 11) is 0. The van der Waals surface area contributed by atoms with E-state index in [0.29, 0.717) is 25.1 Å². The third-order valence-electron chi connectivity index (χ3n) is 6.68. The maximum atomic E-state index is 13.9. The third-order valence-corrected chi connectivity index (χ3v) is 8.25. The predicted molar refractivity (Wildman–Crippen MR) is 163 cm³/mol. The van der Waals surface area contributed by atoms with Crippen molar-refractivity contribution in [2.75, 3.05) is 6.61 Å². The number of thiazole rings is 1. The van der Waals surface area contributed by atoms with Gasteiger partial charge in [-0.05, 0) is 65.5 Å². The van der Waals surface area contributed by atoms with Crippen molar-refractivity contribution in [1.82, 2.24) is 4.57 Å². The van der Waals surface area contributed by atoms with E-state index in [2.05, 4.69) is 20.9 Å². The van der Waals surface area contributed by atoms with Crippen LogP contribution < -0.4 is 19.6 Å². The van der Waals surface area contributed by atoms with Gasteiger partial charge in [-0.3, -0.25) is 19.5 Å². The van der Waals surface area contributed by atoms with Crippen LogP contribution in [0.3, 0.4) is 0 Å². The summed E-state index contributed by atoms with van der Waals surface area (Å²) in [5.41, 5.74) is 3.21. The fourth-order valence-electron chi connectivity index (χ4n) is 4.70. The smallest absolute Gasteiger partial charge is 0.338 e. The van der Waals surface area contributed by atoms with Crippen LogP contribution in [0.5, 0.6) is 5.75 Å². The molecule has 42 heavy (non-hydrogen) atoms. The molecule has 0 fully saturated rings. The molecule has 0 radical (unpaired) electrons. The van der Waals surface area contributed by atoms with Gasteiger partial charge in [-0.1, -0.05) is 71.5 Å². The van der Waals surface area contributed by atoms with Crippen LogP contribution in [0.4, 0.5) is 5.69 Å². The molecule has 214 valence electrons. The maximum Gasteiger partial charge on any atom is 0.338 e. The molecule has 0 N–H and O–H groups in total.